The molecule has 0 aliphatic carbocycles. The number of nitrogens with two attached hydrogens (primary N) is 4. The molecule has 2 aliphatic rings. The maximum atomic E-state index is 4.62. The summed E-state index contributed by atoms with van der Waals surface area (Å²) in [5, 5.41) is 0. The van der Waals surface area contributed by atoms with Crippen LogP contribution in [0.2, 0.25) is 0 Å². The summed E-state index contributed by atoms with van der Waals surface area (Å²) in [6, 6.07) is 28.9. The van der Waals surface area contributed by atoms with Crippen LogP contribution in [0, 0.1) is 6.07 Å². The molecule has 0 amide bonds. The van der Waals surface area contributed by atoms with Crippen molar-refractivity contribution < 1.29 is 16.5 Å². The molecule has 3 aromatic heterocycles. The van der Waals surface area contributed by atoms with Gasteiger partial charge >= 0.3 is 0 Å². The second-order valence-electron chi connectivity index (χ2n) is 6.98. The van der Waals surface area contributed by atoms with E-state index in [1.807, 2.05) is 72.8 Å². The van der Waals surface area contributed by atoms with Crippen LogP contribution in [0.1, 0.15) is 22.8 Å². The largest absolute Gasteiger partial charge is 0.693 e. The average Bonchev–Trinajstić information content (AvgIpc) is 3.56. The Balaban J connectivity index is 0.000000936. The third kappa shape index (κ3) is 8.15. The van der Waals surface area contributed by atoms with Gasteiger partial charge in [0, 0.05) is 38.6 Å². The molecule has 0 fully saturated rings. The topological polar surface area (TPSA) is 191 Å². The SMILES string of the molecule is C1=Cc2cc3ccc(cc4ccc(cc5nc(cc1n2)C=C5)[nH]4)[nH]3.[NH2-].[NH2-].[NH2-].[NH2-].[Ni].[c-]1ccccc1. The minimum atomic E-state index is 0. The molecule has 1 aromatic carbocycles. The third-order valence-electron chi connectivity index (χ3n) is 4.65. The molecule has 8 bridgehead atoms. The van der Waals surface area contributed by atoms with Gasteiger partial charge in [-0.3, -0.25) is 0 Å². The number of benzene rings is 1. The van der Waals surface area contributed by atoms with Gasteiger partial charge in [0.1, 0.15) is 0 Å². The molecule has 0 radical (unpaired) electrons. The Morgan fingerprint density at radius 3 is 1.20 bits per heavy atom. The van der Waals surface area contributed by atoms with Crippen LogP contribution in [-0.2, 0) is 16.5 Å². The minimum absolute atomic E-state index is 0. The number of rotatable bonds is 0. The van der Waals surface area contributed by atoms with Crippen molar-refractivity contribution in [2.24, 2.45) is 0 Å². The van der Waals surface area contributed by atoms with Gasteiger partial charge in [0.15, 0.2) is 0 Å². The molecular formula is C26H27N8Ni-5. The number of fused-ring (bicyclic) bond motifs is 8. The predicted octanol–water partition coefficient (Wildman–Crippen LogP) is 9.01. The number of H-pyrrole nitrogens is 2. The van der Waals surface area contributed by atoms with Gasteiger partial charge in [-0.2, -0.15) is 36.4 Å². The van der Waals surface area contributed by atoms with Gasteiger partial charge in [-0.1, -0.05) is 0 Å². The molecule has 2 aliphatic heterocycles. The monoisotopic (exact) mass is 509 g/mol. The van der Waals surface area contributed by atoms with Crippen LogP contribution in [0.25, 0.3) is 71.0 Å². The molecule has 0 unspecified atom stereocenters. The quantitative estimate of drug-likeness (QED) is 0.152. The summed E-state index contributed by atoms with van der Waals surface area (Å²) < 4.78 is 0. The normalized spacial score (nSPS) is 10.1. The summed E-state index contributed by atoms with van der Waals surface area (Å²) in [4.78, 5) is 16.0. The number of hydrogen-bond acceptors (Lipinski definition) is 2. The van der Waals surface area contributed by atoms with Gasteiger partial charge in [-0.25, -0.2) is 9.97 Å². The fourth-order valence-electron chi connectivity index (χ4n) is 3.29. The Morgan fingerprint density at radius 2 is 0.857 bits per heavy atom. The molecule has 4 aromatic rings. The summed E-state index contributed by atoms with van der Waals surface area (Å²) >= 11 is 0. The van der Waals surface area contributed by atoms with Crippen LogP contribution in [0.5, 0.6) is 0 Å². The van der Waals surface area contributed by atoms with Crippen molar-refractivity contribution in [3.8, 4) is 0 Å². The van der Waals surface area contributed by atoms with Gasteiger partial charge in [-0.05, 0) is 72.8 Å². The second kappa shape index (κ2) is 14.4. The van der Waals surface area contributed by atoms with Crippen molar-refractivity contribution >= 4 is 46.4 Å². The van der Waals surface area contributed by atoms with Gasteiger partial charge in [-0.15, -0.1) is 0 Å². The van der Waals surface area contributed by atoms with E-state index in [1.165, 1.54) is 0 Å². The molecular weight excluding hydrogens is 483 g/mol. The molecule has 0 spiro atoms. The number of nitrogens with one attached hydrogen (secondary N) is 2. The first-order valence-electron chi connectivity index (χ1n) is 9.76. The molecule has 0 saturated heterocycles. The van der Waals surface area contributed by atoms with E-state index in [1.54, 1.807) is 0 Å². The summed E-state index contributed by atoms with van der Waals surface area (Å²) in [5.74, 6) is 0. The van der Waals surface area contributed by atoms with E-state index in [0.29, 0.717) is 0 Å². The fourth-order valence-corrected chi connectivity index (χ4v) is 3.29. The van der Waals surface area contributed by atoms with E-state index in [4.69, 9.17) is 0 Å². The zero-order valence-electron chi connectivity index (χ0n) is 18.8. The maximum absolute atomic E-state index is 4.62. The van der Waals surface area contributed by atoms with Gasteiger partial charge in [0.05, 0.1) is 22.8 Å². The van der Waals surface area contributed by atoms with Crippen LogP contribution in [0.15, 0.2) is 78.9 Å². The Labute approximate surface area is 214 Å². The van der Waals surface area contributed by atoms with Gasteiger partial charge in [0.25, 0.3) is 0 Å². The first-order valence-corrected chi connectivity index (χ1v) is 9.76. The Hall–Kier alpha value is -3.85. The summed E-state index contributed by atoms with van der Waals surface area (Å²) in [6.07, 6.45) is 8.05. The molecule has 0 saturated carbocycles. The van der Waals surface area contributed by atoms with E-state index in [9.17, 15) is 0 Å². The molecule has 6 rings (SSSR count). The number of aromatic nitrogens is 4. The van der Waals surface area contributed by atoms with E-state index in [2.05, 4.69) is 56.3 Å². The summed E-state index contributed by atoms with van der Waals surface area (Å²) in [5.41, 5.74) is 7.86. The molecule has 9 heteroatoms. The van der Waals surface area contributed by atoms with E-state index in [-0.39, 0.29) is 41.1 Å². The van der Waals surface area contributed by atoms with E-state index >= 15 is 0 Å². The zero-order valence-corrected chi connectivity index (χ0v) is 19.8. The molecule has 5 heterocycles. The van der Waals surface area contributed by atoms with Crippen LogP contribution in [-0.4, -0.2) is 19.9 Å². The van der Waals surface area contributed by atoms with Crippen LogP contribution < -0.4 is 0 Å². The van der Waals surface area contributed by atoms with Crippen LogP contribution in [0.4, 0.5) is 0 Å². The minimum Gasteiger partial charge on any atom is -0.693 e. The molecule has 0 atom stereocenters. The number of hydrogen-bond donors (Lipinski definition) is 2. The standard InChI is InChI=1S/C20H14N4.C6H5.4H2N.Ni/c1-2-14-10-16-5-6-18(23-16)12-20-8-7-19(24-20)11-17-4-3-15(22-17)9-13(1)21-14;1-2-4-6-5-3-1;;;;;/h1-12,21-22H;1-5H;4*1H2;/q;5*-1;. The molecule has 35 heavy (non-hydrogen) atoms. The zero-order chi connectivity index (χ0) is 20.2. The first kappa shape index (κ1) is 31.2. The van der Waals surface area contributed by atoms with E-state index in [0.717, 1.165) is 44.8 Å². The summed E-state index contributed by atoms with van der Waals surface area (Å²) in [6.45, 7) is 0. The first-order chi connectivity index (χ1) is 14.8. The predicted molar refractivity (Wildman–Crippen MR) is 145 cm³/mol. The Morgan fingerprint density at radius 1 is 0.486 bits per heavy atom. The van der Waals surface area contributed by atoms with Crippen molar-refractivity contribution in [3.05, 3.63) is 132 Å². The number of aromatic amines is 2. The average molecular weight is 510 g/mol. The molecule has 186 valence electrons. The van der Waals surface area contributed by atoms with Gasteiger partial charge in [0.2, 0.25) is 0 Å². The van der Waals surface area contributed by atoms with Crippen molar-refractivity contribution in [2.45, 2.75) is 0 Å². The van der Waals surface area contributed by atoms with Crippen molar-refractivity contribution in [2.75, 3.05) is 0 Å². The fraction of sp³-hybridized carbons (Fsp3) is 0. The Kier molecular flexibility index (Phi) is 12.8. The number of nitrogens with zero attached hydrogens (tertiary/aromatic N) is 2. The van der Waals surface area contributed by atoms with Crippen LogP contribution >= 0.6 is 0 Å². The second-order valence-corrected chi connectivity index (χ2v) is 6.98. The van der Waals surface area contributed by atoms with Gasteiger partial charge < -0.3 is 34.6 Å². The smallest absolute Gasteiger partial charge is 0.0659 e. The maximum Gasteiger partial charge on any atom is 0.0659 e. The Bertz CT molecular complexity index is 1290. The van der Waals surface area contributed by atoms with E-state index < -0.39 is 0 Å². The van der Waals surface area contributed by atoms with Crippen molar-refractivity contribution in [1.82, 2.24) is 19.9 Å². The molecule has 8 nitrogen and oxygen atoms in total. The third-order valence-corrected chi connectivity index (χ3v) is 4.65. The van der Waals surface area contributed by atoms with Crippen LogP contribution in [0.3, 0.4) is 0 Å². The van der Waals surface area contributed by atoms with Crippen molar-refractivity contribution in [3.63, 3.8) is 0 Å². The molecule has 10 N–H and O–H groups in total. The summed E-state index contributed by atoms with van der Waals surface area (Å²) in [7, 11) is 0. The van der Waals surface area contributed by atoms with Crippen molar-refractivity contribution in [1.29, 1.82) is 0 Å².